The summed E-state index contributed by atoms with van der Waals surface area (Å²) in [6.45, 7) is 0.103. The molecule has 0 saturated carbocycles. The topological polar surface area (TPSA) is 12.0 Å². The molecule has 0 bridgehead atoms. The predicted molar refractivity (Wildman–Crippen MR) is 48.8 cm³/mol. The molecule has 0 unspecified atom stereocenters. The minimum atomic E-state index is -3.14. The van der Waals surface area contributed by atoms with E-state index in [0.717, 1.165) is 6.07 Å². The van der Waals surface area contributed by atoms with Crippen molar-refractivity contribution in [2.24, 2.45) is 0 Å². The van der Waals surface area contributed by atoms with Crippen LogP contribution < -0.4 is 5.32 Å². The summed E-state index contributed by atoms with van der Waals surface area (Å²) < 4.78 is 51.9. The molecule has 1 rings (SSSR count). The lowest BCUT2D eigenvalue weighted by atomic mass is 10.1. The summed E-state index contributed by atoms with van der Waals surface area (Å²) in [4.78, 5) is 0. The van der Waals surface area contributed by atoms with Crippen molar-refractivity contribution in [3.63, 3.8) is 0 Å². The van der Waals surface area contributed by atoms with Crippen LogP contribution in [0.25, 0.3) is 0 Å². The normalized spacial score (nSPS) is 11.8. The Bertz CT molecular complexity index is 338. The van der Waals surface area contributed by atoms with E-state index in [-0.39, 0.29) is 6.54 Å². The van der Waals surface area contributed by atoms with E-state index in [4.69, 9.17) is 0 Å². The van der Waals surface area contributed by atoms with Crippen LogP contribution in [0.15, 0.2) is 18.2 Å². The Kier molecular flexibility index (Phi) is 3.68. The van der Waals surface area contributed by atoms with Crippen molar-refractivity contribution in [1.82, 2.24) is 5.32 Å². The lowest BCUT2D eigenvalue weighted by molar-refractivity contribution is -0.0127. The first-order chi connectivity index (χ1) is 6.97. The molecule has 0 aliphatic rings. The monoisotopic (exact) mass is 221 g/mol. The Morgan fingerprint density at radius 2 is 1.87 bits per heavy atom. The maximum atomic E-state index is 13.3. The zero-order valence-corrected chi connectivity index (χ0v) is 8.16. The first-order valence-corrected chi connectivity index (χ1v) is 4.45. The van der Waals surface area contributed by atoms with E-state index in [1.807, 2.05) is 0 Å². The highest BCUT2D eigenvalue weighted by molar-refractivity contribution is 5.22. The molecule has 0 radical (unpaired) electrons. The smallest absolute Gasteiger partial charge is 0.274 e. The quantitative estimate of drug-likeness (QED) is 0.771. The molecule has 1 nitrogen and oxygen atoms in total. The summed E-state index contributed by atoms with van der Waals surface area (Å²) >= 11 is 0. The molecule has 0 amide bonds. The van der Waals surface area contributed by atoms with E-state index in [1.54, 1.807) is 7.05 Å². The van der Waals surface area contributed by atoms with E-state index in [2.05, 4.69) is 5.32 Å². The SMILES string of the molecule is CNCCC(F)(F)c1ccc(F)c(F)c1. The van der Waals surface area contributed by atoms with Gasteiger partial charge in [0.1, 0.15) is 0 Å². The van der Waals surface area contributed by atoms with Crippen LogP contribution in [0, 0.1) is 11.6 Å². The largest absolute Gasteiger partial charge is 0.320 e. The van der Waals surface area contributed by atoms with Gasteiger partial charge in [0.05, 0.1) is 0 Å². The molecule has 0 aromatic heterocycles. The van der Waals surface area contributed by atoms with Crippen LogP contribution in [0.1, 0.15) is 12.0 Å². The second-order valence-electron chi connectivity index (χ2n) is 3.19. The number of halogens is 4. The molecular weight excluding hydrogens is 210 g/mol. The lowest BCUT2D eigenvalue weighted by Crippen LogP contribution is -2.21. The van der Waals surface area contributed by atoms with E-state index in [1.165, 1.54) is 0 Å². The van der Waals surface area contributed by atoms with Gasteiger partial charge in [0, 0.05) is 18.5 Å². The van der Waals surface area contributed by atoms with Gasteiger partial charge in [0.25, 0.3) is 5.92 Å². The van der Waals surface area contributed by atoms with Crippen LogP contribution in [0.2, 0.25) is 0 Å². The first-order valence-electron chi connectivity index (χ1n) is 4.45. The molecule has 5 heteroatoms. The van der Waals surface area contributed by atoms with Gasteiger partial charge in [-0.25, -0.2) is 17.6 Å². The van der Waals surface area contributed by atoms with Gasteiger partial charge in [-0.2, -0.15) is 0 Å². The van der Waals surface area contributed by atoms with Gasteiger partial charge in [-0.1, -0.05) is 0 Å². The molecule has 0 saturated heterocycles. The van der Waals surface area contributed by atoms with E-state index >= 15 is 0 Å². The molecule has 1 aromatic carbocycles. The third-order valence-electron chi connectivity index (χ3n) is 2.03. The van der Waals surface area contributed by atoms with Crippen LogP contribution >= 0.6 is 0 Å². The van der Waals surface area contributed by atoms with Crippen LogP contribution in [0.3, 0.4) is 0 Å². The number of hydrogen-bond acceptors (Lipinski definition) is 1. The Morgan fingerprint density at radius 3 is 2.40 bits per heavy atom. The summed E-state index contributed by atoms with van der Waals surface area (Å²) in [5, 5.41) is 2.57. The summed E-state index contributed by atoms with van der Waals surface area (Å²) in [6, 6.07) is 2.14. The van der Waals surface area contributed by atoms with E-state index < -0.39 is 29.5 Å². The minimum Gasteiger partial charge on any atom is -0.320 e. The third-order valence-corrected chi connectivity index (χ3v) is 2.03. The summed E-state index contributed by atoms with van der Waals surface area (Å²) in [5.74, 6) is -5.52. The van der Waals surface area contributed by atoms with Crippen molar-refractivity contribution >= 4 is 0 Å². The van der Waals surface area contributed by atoms with Gasteiger partial charge in [-0.05, 0) is 25.2 Å². The number of nitrogens with one attached hydrogen (secondary N) is 1. The van der Waals surface area contributed by atoms with Crippen molar-refractivity contribution in [2.45, 2.75) is 12.3 Å². The van der Waals surface area contributed by atoms with Crippen LogP contribution in [0.5, 0.6) is 0 Å². The van der Waals surface area contributed by atoms with Gasteiger partial charge in [-0.3, -0.25) is 0 Å². The fourth-order valence-corrected chi connectivity index (χ4v) is 1.15. The van der Waals surface area contributed by atoms with Gasteiger partial charge in [0.2, 0.25) is 0 Å². The van der Waals surface area contributed by atoms with E-state index in [9.17, 15) is 17.6 Å². The average Bonchev–Trinajstić information content (AvgIpc) is 2.19. The average molecular weight is 221 g/mol. The number of alkyl halides is 2. The fraction of sp³-hybridized carbons (Fsp3) is 0.400. The molecule has 0 fully saturated rings. The van der Waals surface area contributed by atoms with Crippen molar-refractivity contribution in [3.05, 3.63) is 35.4 Å². The Labute approximate surface area is 85.1 Å². The van der Waals surface area contributed by atoms with Crippen molar-refractivity contribution in [3.8, 4) is 0 Å². The Balaban J connectivity index is 2.89. The van der Waals surface area contributed by atoms with E-state index in [0.29, 0.717) is 12.1 Å². The Morgan fingerprint density at radius 1 is 1.20 bits per heavy atom. The van der Waals surface area contributed by atoms with Gasteiger partial charge >= 0.3 is 0 Å². The number of rotatable bonds is 4. The molecule has 84 valence electrons. The standard InChI is InChI=1S/C10H11F4N/c1-15-5-4-10(13,14)7-2-3-8(11)9(12)6-7/h2-3,6,15H,4-5H2,1H3. The third kappa shape index (κ3) is 2.92. The molecular formula is C10H11F4N. The lowest BCUT2D eigenvalue weighted by Gasteiger charge is -2.16. The molecule has 0 aliphatic carbocycles. The zero-order valence-electron chi connectivity index (χ0n) is 8.16. The van der Waals surface area contributed by atoms with Gasteiger partial charge in [0.15, 0.2) is 11.6 Å². The van der Waals surface area contributed by atoms with Crippen LogP contribution in [0.4, 0.5) is 17.6 Å². The maximum absolute atomic E-state index is 13.3. The summed E-state index contributed by atoms with van der Waals surface area (Å²) in [6.07, 6.45) is -0.450. The number of benzene rings is 1. The highest BCUT2D eigenvalue weighted by Gasteiger charge is 2.31. The summed E-state index contributed by atoms with van der Waals surface area (Å²) in [7, 11) is 1.54. The Hall–Kier alpha value is -1.10. The van der Waals surface area contributed by atoms with Crippen LogP contribution in [-0.4, -0.2) is 13.6 Å². The maximum Gasteiger partial charge on any atom is 0.274 e. The van der Waals surface area contributed by atoms with Crippen molar-refractivity contribution < 1.29 is 17.6 Å². The highest BCUT2D eigenvalue weighted by atomic mass is 19.3. The van der Waals surface area contributed by atoms with Gasteiger partial charge < -0.3 is 5.32 Å². The molecule has 0 spiro atoms. The molecule has 1 N–H and O–H groups in total. The fourth-order valence-electron chi connectivity index (χ4n) is 1.15. The molecule has 0 aliphatic heterocycles. The number of hydrogen-bond donors (Lipinski definition) is 1. The molecule has 1 aromatic rings. The highest BCUT2D eigenvalue weighted by Crippen LogP contribution is 2.31. The van der Waals surface area contributed by atoms with Crippen molar-refractivity contribution in [2.75, 3.05) is 13.6 Å². The molecule has 15 heavy (non-hydrogen) atoms. The first kappa shape index (κ1) is 12.0. The zero-order chi connectivity index (χ0) is 11.5. The minimum absolute atomic E-state index is 0.103. The second kappa shape index (κ2) is 4.61. The second-order valence-corrected chi connectivity index (χ2v) is 3.19. The van der Waals surface area contributed by atoms with Crippen molar-refractivity contribution in [1.29, 1.82) is 0 Å². The molecule has 0 heterocycles. The van der Waals surface area contributed by atoms with Crippen LogP contribution in [-0.2, 0) is 5.92 Å². The van der Waals surface area contributed by atoms with Gasteiger partial charge in [-0.15, -0.1) is 0 Å². The predicted octanol–water partition coefficient (Wildman–Crippen LogP) is 2.67. The summed E-state index contributed by atoms with van der Waals surface area (Å²) in [5.41, 5.74) is -0.503. The molecule has 0 atom stereocenters.